The minimum absolute atomic E-state index is 0.144. The van der Waals surface area contributed by atoms with E-state index in [1.165, 1.54) is 0 Å². The number of nitrogens with one attached hydrogen (secondary N) is 3. The molecule has 12 nitrogen and oxygen atoms in total. The Morgan fingerprint density at radius 1 is 0.758 bits per heavy atom. The molecular formula is C21H39N5O7. The van der Waals surface area contributed by atoms with Crippen molar-refractivity contribution >= 4 is 29.7 Å². The highest BCUT2D eigenvalue weighted by Gasteiger charge is 2.32. The van der Waals surface area contributed by atoms with Crippen LogP contribution in [-0.4, -0.2) is 70.6 Å². The normalized spacial score (nSPS) is 14.8. The van der Waals surface area contributed by atoms with Crippen LogP contribution in [0.5, 0.6) is 0 Å². The van der Waals surface area contributed by atoms with Crippen molar-refractivity contribution in [3.63, 3.8) is 0 Å². The Balaban J connectivity index is 5.46. The summed E-state index contributed by atoms with van der Waals surface area (Å²) in [5.74, 6) is -4.91. The van der Waals surface area contributed by atoms with Crippen molar-refractivity contribution in [2.75, 3.05) is 6.54 Å². The second-order valence-corrected chi connectivity index (χ2v) is 8.68. The maximum atomic E-state index is 12.9. The summed E-state index contributed by atoms with van der Waals surface area (Å²) >= 11 is 0. The van der Waals surface area contributed by atoms with Crippen molar-refractivity contribution in [1.82, 2.24) is 16.0 Å². The third-order valence-corrected chi connectivity index (χ3v) is 5.11. The van der Waals surface area contributed by atoms with Crippen molar-refractivity contribution in [2.45, 2.75) is 84.0 Å². The van der Waals surface area contributed by atoms with E-state index in [0.29, 0.717) is 19.4 Å². The van der Waals surface area contributed by atoms with E-state index in [2.05, 4.69) is 16.0 Å². The van der Waals surface area contributed by atoms with Gasteiger partial charge >= 0.3 is 11.9 Å². The molecule has 0 rings (SSSR count). The molecule has 0 aromatic rings. The fourth-order valence-corrected chi connectivity index (χ4v) is 2.91. The maximum Gasteiger partial charge on any atom is 0.326 e. The zero-order chi connectivity index (χ0) is 25.7. The van der Waals surface area contributed by atoms with Gasteiger partial charge in [-0.05, 0) is 44.1 Å². The van der Waals surface area contributed by atoms with E-state index in [1.807, 2.05) is 0 Å². The van der Waals surface area contributed by atoms with Crippen molar-refractivity contribution in [1.29, 1.82) is 0 Å². The van der Waals surface area contributed by atoms with Crippen LogP contribution in [0.1, 0.15) is 59.8 Å². The third kappa shape index (κ3) is 11.6. The van der Waals surface area contributed by atoms with E-state index in [1.54, 1.807) is 27.7 Å². The lowest BCUT2D eigenvalue weighted by atomic mass is 9.99. The number of nitrogens with two attached hydrogens (primary N) is 2. The summed E-state index contributed by atoms with van der Waals surface area (Å²) in [4.78, 5) is 60.2. The van der Waals surface area contributed by atoms with Crippen LogP contribution in [0.25, 0.3) is 0 Å². The van der Waals surface area contributed by atoms with Gasteiger partial charge in [-0.3, -0.25) is 19.2 Å². The zero-order valence-electron chi connectivity index (χ0n) is 19.8. The summed E-state index contributed by atoms with van der Waals surface area (Å²) in [6, 6.07) is -4.29. The Kier molecular flexibility index (Phi) is 13.9. The van der Waals surface area contributed by atoms with E-state index in [9.17, 15) is 29.1 Å². The number of carboxylic acids is 2. The second kappa shape index (κ2) is 15.2. The molecule has 0 saturated heterocycles. The van der Waals surface area contributed by atoms with Crippen LogP contribution < -0.4 is 27.4 Å². The van der Waals surface area contributed by atoms with Gasteiger partial charge in [0.25, 0.3) is 0 Å². The van der Waals surface area contributed by atoms with Crippen molar-refractivity contribution < 1.29 is 34.2 Å². The van der Waals surface area contributed by atoms with Crippen molar-refractivity contribution in [3.8, 4) is 0 Å². The summed E-state index contributed by atoms with van der Waals surface area (Å²) in [7, 11) is 0. The van der Waals surface area contributed by atoms with Gasteiger partial charge in [0.2, 0.25) is 17.7 Å². The molecule has 12 heteroatoms. The van der Waals surface area contributed by atoms with Gasteiger partial charge in [-0.1, -0.05) is 27.7 Å². The molecule has 0 heterocycles. The van der Waals surface area contributed by atoms with Crippen LogP contribution in [0.15, 0.2) is 0 Å². The summed E-state index contributed by atoms with van der Waals surface area (Å²) in [6.07, 6.45) is 0.494. The average Bonchev–Trinajstić information content (AvgIpc) is 2.72. The topological polar surface area (TPSA) is 214 Å². The Labute approximate surface area is 194 Å². The molecule has 0 aromatic heterocycles. The lowest BCUT2D eigenvalue weighted by Crippen LogP contribution is -2.58. The van der Waals surface area contributed by atoms with Gasteiger partial charge in [0.05, 0.1) is 6.04 Å². The molecule has 0 bridgehead atoms. The van der Waals surface area contributed by atoms with Gasteiger partial charge in [0.15, 0.2) is 0 Å². The number of aliphatic carboxylic acids is 2. The van der Waals surface area contributed by atoms with Crippen molar-refractivity contribution in [3.05, 3.63) is 0 Å². The maximum absolute atomic E-state index is 12.9. The van der Waals surface area contributed by atoms with E-state index >= 15 is 0 Å². The molecule has 3 amide bonds. The first-order valence-electron chi connectivity index (χ1n) is 11.1. The number of hydrogen-bond acceptors (Lipinski definition) is 7. The predicted octanol–water partition coefficient (Wildman–Crippen LogP) is -0.841. The minimum Gasteiger partial charge on any atom is -0.481 e. The SMILES string of the molecule is CC(C)C(N)C(=O)NC(C(=O)NC(CCCCN)C(=O)NC(CCC(=O)O)C(=O)O)C(C)C. The van der Waals surface area contributed by atoms with E-state index in [-0.39, 0.29) is 24.7 Å². The van der Waals surface area contributed by atoms with E-state index < -0.39 is 60.2 Å². The van der Waals surface area contributed by atoms with E-state index in [4.69, 9.17) is 16.6 Å². The van der Waals surface area contributed by atoms with Crippen LogP contribution in [0, 0.1) is 11.8 Å². The summed E-state index contributed by atoms with van der Waals surface area (Å²) in [5, 5.41) is 25.6. The first-order chi connectivity index (χ1) is 15.3. The minimum atomic E-state index is -1.42. The lowest BCUT2D eigenvalue weighted by molar-refractivity contribution is -0.143. The molecule has 4 atom stereocenters. The van der Waals surface area contributed by atoms with E-state index in [0.717, 1.165) is 0 Å². The molecule has 0 aliphatic carbocycles. The third-order valence-electron chi connectivity index (χ3n) is 5.11. The number of hydrogen-bond donors (Lipinski definition) is 7. The van der Waals surface area contributed by atoms with Crippen LogP contribution >= 0.6 is 0 Å². The van der Waals surface area contributed by atoms with Gasteiger partial charge in [0.1, 0.15) is 18.1 Å². The number of amides is 3. The molecule has 0 spiro atoms. The number of rotatable bonds is 16. The largest absolute Gasteiger partial charge is 0.481 e. The second-order valence-electron chi connectivity index (χ2n) is 8.68. The lowest BCUT2D eigenvalue weighted by Gasteiger charge is -2.27. The molecule has 0 radical (unpaired) electrons. The summed E-state index contributed by atoms with van der Waals surface area (Å²) < 4.78 is 0. The molecule has 0 aromatic carbocycles. The van der Waals surface area contributed by atoms with Gasteiger partial charge < -0.3 is 37.6 Å². The highest BCUT2D eigenvalue weighted by atomic mass is 16.4. The molecule has 0 aliphatic rings. The highest BCUT2D eigenvalue weighted by molar-refractivity contribution is 5.94. The average molecular weight is 474 g/mol. The fraction of sp³-hybridized carbons (Fsp3) is 0.762. The van der Waals surface area contributed by atoms with Gasteiger partial charge in [-0.2, -0.15) is 0 Å². The Hall–Kier alpha value is -2.73. The molecule has 33 heavy (non-hydrogen) atoms. The standard InChI is InChI=1S/C21H39N5O7/c1-11(2)16(23)19(30)26-17(12(3)4)20(31)24-13(7-5-6-10-22)18(29)25-14(21(32)33)8-9-15(27)28/h11-14,16-17H,5-10,22-23H2,1-4H3,(H,24,31)(H,25,29)(H,26,30)(H,27,28)(H,32,33). The number of carboxylic acid groups (broad SMARTS) is 2. The van der Waals surface area contributed by atoms with Crippen LogP contribution in [0.2, 0.25) is 0 Å². The first kappa shape index (κ1) is 30.3. The molecule has 0 aliphatic heterocycles. The van der Waals surface area contributed by atoms with Crippen LogP contribution in [0.4, 0.5) is 0 Å². The fourth-order valence-electron chi connectivity index (χ4n) is 2.91. The smallest absolute Gasteiger partial charge is 0.326 e. The first-order valence-corrected chi connectivity index (χ1v) is 11.1. The number of unbranched alkanes of at least 4 members (excludes halogenated alkanes) is 1. The molecule has 0 saturated carbocycles. The van der Waals surface area contributed by atoms with Gasteiger partial charge in [-0.25, -0.2) is 4.79 Å². The summed E-state index contributed by atoms with van der Waals surface area (Å²) in [5.41, 5.74) is 11.4. The molecule has 4 unspecified atom stereocenters. The quantitative estimate of drug-likeness (QED) is 0.139. The Morgan fingerprint density at radius 2 is 1.33 bits per heavy atom. The highest BCUT2D eigenvalue weighted by Crippen LogP contribution is 2.08. The van der Waals surface area contributed by atoms with Crippen LogP contribution in [0.3, 0.4) is 0 Å². The van der Waals surface area contributed by atoms with Crippen LogP contribution in [-0.2, 0) is 24.0 Å². The summed E-state index contributed by atoms with van der Waals surface area (Å²) in [6.45, 7) is 7.37. The Bertz CT molecular complexity index is 684. The molecular weight excluding hydrogens is 434 g/mol. The predicted molar refractivity (Wildman–Crippen MR) is 121 cm³/mol. The molecule has 190 valence electrons. The van der Waals surface area contributed by atoms with Crippen molar-refractivity contribution in [2.24, 2.45) is 23.3 Å². The van der Waals surface area contributed by atoms with Gasteiger partial charge in [-0.15, -0.1) is 0 Å². The zero-order valence-corrected chi connectivity index (χ0v) is 19.8. The Morgan fingerprint density at radius 3 is 1.79 bits per heavy atom. The molecule has 0 fully saturated rings. The monoisotopic (exact) mass is 473 g/mol. The van der Waals surface area contributed by atoms with Gasteiger partial charge in [0, 0.05) is 6.42 Å². The number of carbonyl (C=O) groups excluding carboxylic acids is 3. The number of carbonyl (C=O) groups is 5. The molecule has 9 N–H and O–H groups in total.